The van der Waals surface area contributed by atoms with E-state index in [9.17, 15) is 9.59 Å². The van der Waals surface area contributed by atoms with Crippen LogP contribution in [0.2, 0.25) is 0 Å². The van der Waals surface area contributed by atoms with E-state index in [-0.39, 0.29) is 18.3 Å². The molecular weight excluding hydrogens is 388 g/mol. The number of aryl methyl sites for hydroxylation is 2. The van der Waals surface area contributed by atoms with E-state index in [1.165, 1.54) is 11.3 Å². The summed E-state index contributed by atoms with van der Waals surface area (Å²) in [5.74, 6) is 0.173. The van der Waals surface area contributed by atoms with Gasteiger partial charge in [-0.1, -0.05) is 29.0 Å². The van der Waals surface area contributed by atoms with E-state index in [1.54, 1.807) is 13.0 Å². The topological polar surface area (TPSA) is 69.9 Å². The highest BCUT2D eigenvalue weighted by Crippen LogP contribution is 2.24. The standard InChI is InChI=1S/C22H24N2O4S/c1-4-27-17-9-10-18-19(14-17)29-22(24(18)12-11-20(25)28-5-2)23-21(26)16-8-6-7-15(3)13-16/h6-10,13-14H,4-5,11-12H2,1-3H3. The van der Waals surface area contributed by atoms with Crippen molar-refractivity contribution in [3.63, 3.8) is 0 Å². The lowest BCUT2D eigenvalue weighted by Gasteiger charge is -2.06. The molecule has 0 aliphatic heterocycles. The first-order chi connectivity index (χ1) is 14.0. The summed E-state index contributed by atoms with van der Waals surface area (Å²) >= 11 is 1.40. The second-order valence-electron chi connectivity index (χ2n) is 6.44. The third-order valence-electron chi connectivity index (χ3n) is 4.27. The van der Waals surface area contributed by atoms with Crippen molar-refractivity contribution in [3.05, 3.63) is 58.4 Å². The Labute approximate surface area is 173 Å². The Morgan fingerprint density at radius 2 is 1.93 bits per heavy atom. The van der Waals surface area contributed by atoms with Crippen molar-refractivity contribution in [1.82, 2.24) is 4.57 Å². The smallest absolute Gasteiger partial charge is 0.307 e. The van der Waals surface area contributed by atoms with Crippen molar-refractivity contribution >= 4 is 33.4 Å². The number of amides is 1. The van der Waals surface area contributed by atoms with Gasteiger partial charge in [0.1, 0.15) is 5.75 Å². The molecule has 0 saturated heterocycles. The van der Waals surface area contributed by atoms with E-state index in [4.69, 9.17) is 9.47 Å². The molecule has 3 rings (SSSR count). The SMILES string of the molecule is CCOC(=O)CCn1c(=NC(=O)c2cccc(C)c2)sc2cc(OCC)ccc21. The molecule has 0 saturated carbocycles. The first kappa shape index (κ1) is 20.8. The number of esters is 1. The van der Waals surface area contributed by atoms with E-state index in [0.717, 1.165) is 21.5 Å². The molecule has 7 heteroatoms. The van der Waals surface area contributed by atoms with Crippen LogP contribution in [0, 0.1) is 6.92 Å². The summed E-state index contributed by atoms with van der Waals surface area (Å²) in [6, 6.07) is 13.1. The van der Waals surface area contributed by atoms with Gasteiger partial charge in [-0.25, -0.2) is 0 Å². The monoisotopic (exact) mass is 412 g/mol. The van der Waals surface area contributed by atoms with Gasteiger partial charge in [-0.05, 0) is 51.1 Å². The number of hydrogen-bond acceptors (Lipinski definition) is 5. The summed E-state index contributed by atoms with van der Waals surface area (Å²) in [6.07, 6.45) is 0.207. The van der Waals surface area contributed by atoms with E-state index < -0.39 is 0 Å². The lowest BCUT2D eigenvalue weighted by atomic mass is 10.1. The lowest BCUT2D eigenvalue weighted by molar-refractivity contribution is -0.143. The number of nitrogens with zero attached hydrogens (tertiary/aromatic N) is 2. The maximum Gasteiger partial charge on any atom is 0.307 e. The van der Waals surface area contributed by atoms with Crippen molar-refractivity contribution < 1.29 is 19.1 Å². The third kappa shape index (κ3) is 5.12. The minimum Gasteiger partial charge on any atom is -0.494 e. The first-order valence-corrected chi connectivity index (χ1v) is 10.4. The van der Waals surface area contributed by atoms with Gasteiger partial charge in [-0.15, -0.1) is 0 Å². The first-order valence-electron chi connectivity index (χ1n) is 9.59. The number of thiazole rings is 1. The minimum absolute atomic E-state index is 0.207. The molecule has 0 atom stereocenters. The van der Waals surface area contributed by atoms with Crippen molar-refractivity contribution in [3.8, 4) is 5.75 Å². The molecule has 0 N–H and O–H groups in total. The van der Waals surface area contributed by atoms with Crippen LogP contribution in [0.1, 0.15) is 36.2 Å². The van der Waals surface area contributed by atoms with Gasteiger partial charge in [-0.2, -0.15) is 4.99 Å². The zero-order valence-electron chi connectivity index (χ0n) is 16.8. The normalized spacial score (nSPS) is 11.6. The Morgan fingerprint density at radius 1 is 1.10 bits per heavy atom. The zero-order valence-corrected chi connectivity index (χ0v) is 17.6. The van der Waals surface area contributed by atoms with Crippen LogP contribution in [0.15, 0.2) is 47.5 Å². The van der Waals surface area contributed by atoms with Gasteiger partial charge >= 0.3 is 5.97 Å². The summed E-state index contributed by atoms with van der Waals surface area (Å²) in [5.41, 5.74) is 2.44. The van der Waals surface area contributed by atoms with Gasteiger partial charge in [0, 0.05) is 12.1 Å². The number of carbonyl (C=O) groups is 2. The Bertz CT molecular complexity index is 1100. The Morgan fingerprint density at radius 3 is 2.66 bits per heavy atom. The molecule has 0 fully saturated rings. The molecule has 29 heavy (non-hydrogen) atoms. The maximum absolute atomic E-state index is 12.7. The highest BCUT2D eigenvalue weighted by Gasteiger charge is 2.12. The van der Waals surface area contributed by atoms with Crippen molar-refractivity contribution in [2.45, 2.75) is 33.7 Å². The molecule has 0 bridgehead atoms. The predicted molar refractivity (Wildman–Crippen MR) is 113 cm³/mol. The van der Waals surface area contributed by atoms with Crippen molar-refractivity contribution in [1.29, 1.82) is 0 Å². The molecule has 1 heterocycles. The second kappa shape index (κ2) is 9.52. The van der Waals surface area contributed by atoms with Crippen LogP contribution in [0.3, 0.4) is 0 Å². The molecule has 0 aliphatic carbocycles. The Kier molecular flexibility index (Phi) is 6.82. The van der Waals surface area contributed by atoms with Gasteiger partial charge in [0.2, 0.25) is 0 Å². The van der Waals surface area contributed by atoms with E-state index in [1.807, 2.05) is 54.8 Å². The molecule has 0 spiro atoms. The minimum atomic E-state index is -0.310. The number of carbonyl (C=O) groups excluding carboxylic acids is 2. The third-order valence-corrected chi connectivity index (χ3v) is 5.31. The van der Waals surface area contributed by atoms with Crippen LogP contribution >= 0.6 is 11.3 Å². The van der Waals surface area contributed by atoms with Crippen LogP contribution in [-0.4, -0.2) is 29.7 Å². The average molecular weight is 413 g/mol. The second-order valence-corrected chi connectivity index (χ2v) is 7.45. The molecule has 1 amide bonds. The van der Waals surface area contributed by atoms with Crippen molar-refractivity contribution in [2.75, 3.05) is 13.2 Å². The van der Waals surface area contributed by atoms with Gasteiger partial charge in [0.05, 0.1) is 29.9 Å². The number of aromatic nitrogens is 1. The fraction of sp³-hybridized carbons (Fsp3) is 0.318. The number of rotatable bonds is 7. The fourth-order valence-corrected chi connectivity index (χ4v) is 4.06. The number of ether oxygens (including phenoxy) is 2. The van der Waals surface area contributed by atoms with Crippen LogP contribution in [0.25, 0.3) is 10.2 Å². The fourth-order valence-electron chi connectivity index (χ4n) is 2.98. The summed E-state index contributed by atoms with van der Waals surface area (Å²) in [5, 5.41) is 0. The van der Waals surface area contributed by atoms with Crippen LogP contribution in [0.4, 0.5) is 0 Å². The zero-order chi connectivity index (χ0) is 20.8. The molecular formula is C22H24N2O4S. The Balaban J connectivity index is 2.04. The average Bonchev–Trinajstić information content (AvgIpc) is 3.03. The molecule has 0 unspecified atom stereocenters. The predicted octanol–water partition coefficient (Wildman–Crippen LogP) is 4.10. The maximum atomic E-state index is 12.7. The number of hydrogen-bond donors (Lipinski definition) is 0. The van der Waals surface area contributed by atoms with Crippen LogP contribution < -0.4 is 9.54 Å². The summed E-state index contributed by atoms with van der Waals surface area (Å²) in [4.78, 5) is 29.5. The van der Waals surface area contributed by atoms with Gasteiger partial charge < -0.3 is 14.0 Å². The molecule has 3 aromatic rings. The molecule has 1 aromatic heterocycles. The highest BCUT2D eigenvalue weighted by molar-refractivity contribution is 7.16. The quantitative estimate of drug-likeness (QED) is 0.548. The number of benzene rings is 2. The summed E-state index contributed by atoms with van der Waals surface area (Å²) in [6.45, 7) is 6.94. The van der Waals surface area contributed by atoms with Gasteiger partial charge in [0.15, 0.2) is 4.80 Å². The van der Waals surface area contributed by atoms with E-state index in [2.05, 4.69) is 4.99 Å². The van der Waals surface area contributed by atoms with Gasteiger partial charge in [-0.3, -0.25) is 9.59 Å². The summed E-state index contributed by atoms with van der Waals surface area (Å²) < 4.78 is 13.5. The molecule has 0 aliphatic rings. The van der Waals surface area contributed by atoms with Gasteiger partial charge in [0.25, 0.3) is 5.91 Å². The highest BCUT2D eigenvalue weighted by atomic mass is 32.1. The number of fused-ring (bicyclic) bond motifs is 1. The molecule has 152 valence electrons. The molecule has 6 nitrogen and oxygen atoms in total. The molecule has 0 radical (unpaired) electrons. The van der Waals surface area contributed by atoms with Crippen molar-refractivity contribution in [2.24, 2.45) is 4.99 Å². The van der Waals surface area contributed by atoms with Crippen LogP contribution in [-0.2, 0) is 16.1 Å². The Hall–Kier alpha value is -2.93. The lowest BCUT2D eigenvalue weighted by Crippen LogP contribution is -2.19. The molecule has 2 aromatic carbocycles. The van der Waals surface area contributed by atoms with E-state index >= 15 is 0 Å². The largest absolute Gasteiger partial charge is 0.494 e. The van der Waals surface area contributed by atoms with E-state index in [0.29, 0.717) is 30.1 Å². The summed E-state index contributed by atoms with van der Waals surface area (Å²) in [7, 11) is 0. The van der Waals surface area contributed by atoms with Crippen LogP contribution in [0.5, 0.6) is 5.75 Å².